The third-order valence-electron chi connectivity index (χ3n) is 3.13. The first-order valence-electron chi connectivity index (χ1n) is 5.59. The van der Waals surface area contributed by atoms with Gasteiger partial charge in [-0.05, 0) is 18.6 Å². The van der Waals surface area contributed by atoms with E-state index in [1.54, 1.807) is 6.20 Å². The van der Waals surface area contributed by atoms with Crippen molar-refractivity contribution in [1.29, 1.82) is 5.26 Å². The molecule has 0 saturated carbocycles. The van der Waals surface area contributed by atoms with Crippen molar-refractivity contribution in [3.63, 3.8) is 0 Å². The molecule has 0 radical (unpaired) electrons. The maximum Gasteiger partial charge on any atom is 0.127 e. The van der Waals surface area contributed by atoms with Crippen LogP contribution in [0.25, 0.3) is 11.0 Å². The molecule has 3 heterocycles. The molecule has 2 aromatic rings. The van der Waals surface area contributed by atoms with E-state index in [0.29, 0.717) is 17.6 Å². The number of β-amino-alcohol motifs (C(OH)–C–C–N with tert-alkyl or cyclic N) is 1. The van der Waals surface area contributed by atoms with Crippen molar-refractivity contribution in [2.45, 2.75) is 12.5 Å². The van der Waals surface area contributed by atoms with E-state index in [0.717, 1.165) is 24.3 Å². The third kappa shape index (κ3) is 1.54. The van der Waals surface area contributed by atoms with E-state index in [9.17, 15) is 10.4 Å². The summed E-state index contributed by atoms with van der Waals surface area (Å²) in [5.41, 5.74) is 2.13. The summed E-state index contributed by atoms with van der Waals surface area (Å²) < 4.78 is 0. The molecule has 0 unspecified atom stereocenters. The van der Waals surface area contributed by atoms with Crippen LogP contribution in [0, 0.1) is 11.3 Å². The minimum atomic E-state index is -0.305. The Morgan fingerprint density at radius 3 is 3.18 bits per heavy atom. The molecule has 0 aliphatic carbocycles. The van der Waals surface area contributed by atoms with Gasteiger partial charge in [-0.2, -0.15) is 5.26 Å². The molecule has 1 saturated heterocycles. The minimum Gasteiger partial charge on any atom is -0.391 e. The molecule has 0 spiro atoms. The van der Waals surface area contributed by atoms with Crippen molar-refractivity contribution in [3.8, 4) is 6.07 Å². The van der Waals surface area contributed by atoms with Crippen molar-refractivity contribution in [3.05, 3.63) is 23.9 Å². The van der Waals surface area contributed by atoms with Crippen LogP contribution in [0.15, 0.2) is 18.3 Å². The highest BCUT2D eigenvalue weighted by Crippen LogP contribution is 2.28. The standard InChI is InChI=1S/C12H12N4O/c13-6-9-11-10(2-1-4-14-11)15-12(9)16-5-3-8(17)7-16/h1-2,4,8,15,17H,3,5,7H2/t8-/m1/s1. The fourth-order valence-corrected chi connectivity index (χ4v) is 2.30. The Bertz CT molecular complexity index is 598. The van der Waals surface area contributed by atoms with Gasteiger partial charge in [0, 0.05) is 19.3 Å². The van der Waals surface area contributed by atoms with Crippen LogP contribution in [0.1, 0.15) is 12.0 Å². The van der Waals surface area contributed by atoms with E-state index >= 15 is 0 Å². The molecule has 3 rings (SSSR count). The van der Waals surface area contributed by atoms with Crippen LogP contribution in [0.5, 0.6) is 0 Å². The van der Waals surface area contributed by atoms with Crippen molar-refractivity contribution in [1.82, 2.24) is 9.97 Å². The summed E-state index contributed by atoms with van der Waals surface area (Å²) in [4.78, 5) is 9.43. The Hall–Kier alpha value is -2.06. The molecule has 0 bridgehead atoms. The number of anilines is 1. The fourth-order valence-electron chi connectivity index (χ4n) is 2.30. The lowest BCUT2D eigenvalue weighted by molar-refractivity contribution is 0.198. The van der Waals surface area contributed by atoms with Gasteiger partial charge >= 0.3 is 0 Å². The highest BCUT2D eigenvalue weighted by atomic mass is 16.3. The number of H-pyrrole nitrogens is 1. The van der Waals surface area contributed by atoms with Gasteiger partial charge in [-0.1, -0.05) is 0 Å². The molecule has 2 N–H and O–H groups in total. The second kappa shape index (κ2) is 3.75. The Kier molecular flexibility index (Phi) is 2.23. The van der Waals surface area contributed by atoms with Crippen LogP contribution in [-0.2, 0) is 0 Å². The van der Waals surface area contributed by atoms with Crippen LogP contribution < -0.4 is 4.90 Å². The number of fused-ring (bicyclic) bond motifs is 1. The van der Waals surface area contributed by atoms with Crippen LogP contribution in [0.2, 0.25) is 0 Å². The number of aromatic nitrogens is 2. The average Bonchev–Trinajstić information content (AvgIpc) is 2.91. The maximum atomic E-state index is 9.55. The van der Waals surface area contributed by atoms with Crippen molar-refractivity contribution < 1.29 is 5.11 Å². The van der Waals surface area contributed by atoms with Crippen molar-refractivity contribution in [2.24, 2.45) is 0 Å². The SMILES string of the molecule is N#Cc1c(N2CC[C@@H](O)C2)[nH]c2cccnc12. The fraction of sp³-hybridized carbons (Fsp3) is 0.333. The molecule has 17 heavy (non-hydrogen) atoms. The highest BCUT2D eigenvalue weighted by molar-refractivity contribution is 5.88. The normalized spacial score (nSPS) is 19.8. The zero-order chi connectivity index (χ0) is 11.8. The van der Waals surface area contributed by atoms with Crippen LogP contribution in [-0.4, -0.2) is 34.3 Å². The molecule has 86 valence electrons. The average molecular weight is 228 g/mol. The second-order valence-corrected chi connectivity index (χ2v) is 4.25. The largest absolute Gasteiger partial charge is 0.391 e. The first kappa shape index (κ1) is 10.1. The molecular formula is C12H12N4O. The van der Waals surface area contributed by atoms with Gasteiger partial charge in [0.1, 0.15) is 23.0 Å². The summed E-state index contributed by atoms with van der Waals surface area (Å²) >= 11 is 0. The Morgan fingerprint density at radius 2 is 2.47 bits per heavy atom. The van der Waals surface area contributed by atoms with E-state index in [1.807, 2.05) is 17.0 Å². The lowest BCUT2D eigenvalue weighted by atomic mass is 10.2. The topological polar surface area (TPSA) is 75.9 Å². The first-order valence-corrected chi connectivity index (χ1v) is 5.59. The molecule has 0 amide bonds. The number of aliphatic hydroxyl groups excluding tert-OH is 1. The summed E-state index contributed by atoms with van der Waals surface area (Å²) in [7, 11) is 0. The number of aliphatic hydroxyl groups is 1. The zero-order valence-electron chi connectivity index (χ0n) is 9.22. The quantitative estimate of drug-likeness (QED) is 0.763. The molecule has 2 aromatic heterocycles. The predicted octanol–water partition coefficient (Wildman–Crippen LogP) is 1.01. The number of hydrogen-bond donors (Lipinski definition) is 2. The molecule has 1 atom stereocenters. The van der Waals surface area contributed by atoms with Gasteiger partial charge in [0.2, 0.25) is 0 Å². The smallest absolute Gasteiger partial charge is 0.127 e. The summed E-state index contributed by atoms with van der Waals surface area (Å²) in [6.07, 6.45) is 2.12. The van der Waals surface area contributed by atoms with Gasteiger partial charge < -0.3 is 15.0 Å². The van der Waals surface area contributed by atoms with Gasteiger partial charge in [-0.3, -0.25) is 4.98 Å². The lowest BCUT2D eigenvalue weighted by Gasteiger charge is -2.15. The number of nitriles is 1. The lowest BCUT2D eigenvalue weighted by Crippen LogP contribution is -2.22. The number of pyridine rings is 1. The number of hydrogen-bond acceptors (Lipinski definition) is 4. The molecule has 1 aliphatic heterocycles. The molecule has 5 nitrogen and oxygen atoms in total. The van der Waals surface area contributed by atoms with Gasteiger partial charge in [0.05, 0.1) is 11.6 Å². The summed E-state index contributed by atoms with van der Waals surface area (Å²) in [5.74, 6) is 0.776. The summed E-state index contributed by atoms with van der Waals surface area (Å²) in [6.45, 7) is 1.34. The van der Waals surface area contributed by atoms with Gasteiger partial charge in [0.25, 0.3) is 0 Å². The van der Waals surface area contributed by atoms with E-state index < -0.39 is 0 Å². The monoisotopic (exact) mass is 228 g/mol. The summed E-state index contributed by atoms with van der Waals surface area (Å²) in [6, 6.07) is 5.93. The van der Waals surface area contributed by atoms with Crippen molar-refractivity contribution >= 4 is 16.9 Å². The third-order valence-corrected chi connectivity index (χ3v) is 3.13. The maximum absolute atomic E-state index is 9.55. The van der Waals surface area contributed by atoms with Crippen LogP contribution >= 0.6 is 0 Å². The van der Waals surface area contributed by atoms with Crippen LogP contribution in [0.3, 0.4) is 0 Å². The number of rotatable bonds is 1. The van der Waals surface area contributed by atoms with E-state index in [2.05, 4.69) is 16.0 Å². The highest BCUT2D eigenvalue weighted by Gasteiger charge is 2.25. The second-order valence-electron chi connectivity index (χ2n) is 4.25. The molecule has 1 aliphatic rings. The molecular weight excluding hydrogens is 216 g/mol. The van der Waals surface area contributed by atoms with Gasteiger partial charge in [0.15, 0.2) is 0 Å². The number of aromatic amines is 1. The summed E-state index contributed by atoms with van der Waals surface area (Å²) in [5, 5.41) is 18.8. The van der Waals surface area contributed by atoms with Crippen LogP contribution in [0.4, 0.5) is 5.82 Å². The number of nitrogens with zero attached hydrogens (tertiary/aromatic N) is 3. The van der Waals surface area contributed by atoms with Gasteiger partial charge in [-0.15, -0.1) is 0 Å². The number of nitrogens with one attached hydrogen (secondary N) is 1. The predicted molar refractivity (Wildman–Crippen MR) is 63.6 cm³/mol. The van der Waals surface area contributed by atoms with E-state index in [1.165, 1.54) is 0 Å². The Labute approximate surface area is 98.3 Å². The van der Waals surface area contributed by atoms with E-state index in [-0.39, 0.29) is 6.10 Å². The zero-order valence-corrected chi connectivity index (χ0v) is 9.22. The Balaban J connectivity index is 2.13. The van der Waals surface area contributed by atoms with Crippen molar-refractivity contribution in [2.75, 3.05) is 18.0 Å². The minimum absolute atomic E-state index is 0.305. The van der Waals surface area contributed by atoms with E-state index in [4.69, 9.17) is 0 Å². The first-order chi connectivity index (χ1) is 8.29. The van der Waals surface area contributed by atoms with Gasteiger partial charge in [-0.25, -0.2) is 0 Å². The molecule has 1 fully saturated rings. The molecule has 5 heteroatoms. The Morgan fingerprint density at radius 1 is 1.59 bits per heavy atom. The molecule has 0 aromatic carbocycles.